The van der Waals surface area contributed by atoms with Crippen molar-refractivity contribution in [3.63, 3.8) is 0 Å². The summed E-state index contributed by atoms with van der Waals surface area (Å²) < 4.78 is 5.41. The molecule has 2 aliphatic heterocycles. The molecule has 2 heterocycles. The van der Waals surface area contributed by atoms with Crippen LogP contribution in [0.2, 0.25) is 0 Å². The summed E-state index contributed by atoms with van der Waals surface area (Å²) in [4.78, 5) is 41.4. The number of rotatable bonds is 4. The molecule has 2 aliphatic rings. The third-order valence-electron chi connectivity index (χ3n) is 5.28. The number of fused-ring (bicyclic) bond motifs is 1. The standard InChI is InChI=1S/C22H23N3O4/c1-2-29-17-8-6-16(7-9-17)25-21(27)18-10-5-14(12-19(18)22(25)28)20(26)24-11-3-4-15(23)13-24/h5-10,12,15H,2-4,11,13,23H2,1H3. The summed E-state index contributed by atoms with van der Waals surface area (Å²) in [6.45, 7) is 3.56. The normalized spacial score (nSPS) is 18.8. The zero-order valence-electron chi connectivity index (χ0n) is 16.3. The molecule has 0 aromatic heterocycles. The molecule has 2 aromatic carbocycles. The number of likely N-dealkylation sites (tertiary alicyclic amines) is 1. The predicted molar refractivity (Wildman–Crippen MR) is 108 cm³/mol. The molecule has 0 radical (unpaired) electrons. The Morgan fingerprint density at radius 3 is 2.52 bits per heavy atom. The Morgan fingerprint density at radius 2 is 1.83 bits per heavy atom. The van der Waals surface area contributed by atoms with Gasteiger partial charge in [-0.15, -0.1) is 0 Å². The molecule has 1 fully saturated rings. The molecule has 4 rings (SSSR count). The lowest BCUT2D eigenvalue weighted by molar-refractivity contribution is 0.0708. The Kier molecular flexibility index (Phi) is 5.07. The van der Waals surface area contributed by atoms with Gasteiger partial charge in [0.15, 0.2) is 0 Å². The summed E-state index contributed by atoms with van der Waals surface area (Å²) in [5.74, 6) is -0.324. The number of nitrogens with zero attached hydrogens (tertiary/aromatic N) is 2. The number of ether oxygens (including phenoxy) is 1. The van der Waals surface area contributed by atoms with Crippen LogP contribution in [0.15, 0.2) is 42.5 Å². The van der Waals surface area contributed by atoms with Gasteiger partial charge >= 0.3 is 0 Å². The van der Waals surface area contributed by atoms with Crippen LogP contribution in [0.4, 0.5) is 5.69 Å². The Balaban J connectivity index is 1.60. The summed E-state index contributed by atoms with van der Waals surface area (Å²) in [6, 6.07) is 11.4. The number of piperidine rings is 1. The van der Waals surface area contributed by atoms with Crippen molar-refractivity contribution in [1.82, 2.24) is 4.90 Å². The molecule has 0 bridgehead atoms. The number of carbonyl (C=O) groups excluding carboxylic acids is 3. The van der Waals surface area contributed by atoms with E-state index in [0.717, 1.165) is 17.7 Å². The topological polar surface area (TPSA) is 92.9 Å². The minimum absolute atomic E-state index is 0.0273. The summed E-state index contributed by atoms with van der Waals surface area (Å²) in [7, 11) is 0. The lowest BCUT2D eigenvalue weighted by Crippen LogP contribution is -2.45. The largest absolute Gasteiger partial charge is 0.494 e. The van der Waals surface area contributed by atoms with Gasteiger partial charge in [0.25, 0.3) is 17.7 Å². The van der Waals surface area contributed by atoms with Gasteiger partial charge in [0, 0.05) is 24.7 Å². The van der Waals surface area contributed by atoms with E-state index in [1.807, 2.05) is 6.92 Å². The van der Waals surface area contributed by atoms with Crippen LogP contribution in [0.1, 0.15) is 50.8 Å². The molecule has 29 heavy (non-hydrogen) atoms. The zero-order valence-corrected chi connectivity index (χ0v) is 16.3. The van der Waals surface area contributed by atoms with Gasteiger partial charge < -0.3 is 15.4 Å². The van der Waals surface area contributed by atoms with Crippen molar-refractivity contribution in [3.8, 4) is 5.75 Å². The Morgan fingerprint density at radius 1 is 1.10 bits per heavy atom. The Hall–Kier alpha value is -3.19. The predicted octanol–water partition coefficient (Wildman–Crippen LogP) is 2.45. The molecule has 1 unspecified atom stereocenters. The number of hydrogen-bond donors (Lipinski definition) is 1. The number of hydrogen-bond acceptors (Lipinski definition) is 5. The molecular weight excluding hydrogens is 370 g/mol. The lowest BCUT2D eigenvalue weighted by atomic mass is 10.0. The quantitative estimate of drug-likeness (QED) is 0.806. The van der Waals surface area contributed by atoms with E-state index in [0.29, 0.717) is 42.3 Å². The molecular formula is C22H23N3O4. The van der Waals surface area contributed by atoms with Crippen molar-refractivity contribution >= 4 is 23.4 Å². The SMILES string of the molecule is CCOc1ccc(N2C(=O)c3ccc(C(=O)N4CCCC(N)C4)cc3C2=O)cc1. The summed E-state index contributed by atoms with van der Waals surface area (Å²) in [5.41, 5.74) is 7.39. The maximum Gasteiger partial charge on any atom is 0.266 e. The Bertz CT molecular complexity index is 971. The zero-order chi connectivity index (χ0) is 20.5. The maximum atomic E-state index is 13.0. The van der Waals surface area contributed by atoms with Crippen LogP contribution in [0.5, 0.6) is 5.75 Å². The third kappa shape index (κ3) is 3.49. The second kappa shape index (κ2) is 7.67. The first-order valence-electron chi connectivity index (χ1n) is 9.80. The van der Waals surface area contributed by atoms with E-state index in [4.69, 9.17) is 10.5 Å². The van der Waals surface area contributed by atoms with Crippen LogP contribution in [0.3, 0.4) is 0 Å². The van der Waals surface area contributed by atoms with E-state index in [-0.39, 0.29) is 17.5 Å². The van der Waals surface area contributed by atoms with E-state index in [1.54, 1.807) is 41.3 Å². The van der Waals surface area contributed by atoms with E-state index in [9.17, 15) is 14.4 Å². The van der Waals surface area contributed by atoms with Crippen LogP contribution in [-0.2, 0) is 0 Å². The molecule has 1 atom stereocenters. The third-order valence-corrected chi connectivity index (χ3v) is 5.28. The maximum absolute atomic E-state index is 13.0. The van der Waals surface area contributed by atoms with Crippen molar-refractivity contribution in [2.75, 3.05) is 24.6 Å². The number of nitrogens with two attached hydrogens (primary N) is 1. The fraction of sp³-hybridized carbons (Fsp3) is 0.318. The number of amides is 3. The average molecular weight is 393 g/mol. The van der Waals surface area contributed by atoms with Gasteiger partial charge in [0.05, 0.1) is 23.4 Å². The second-order valence-electron chi connectivity index (χ2n) is 7.29. The van der Waals surface area contributed by atoms with Gasteiger partial charge in [0.1, 0.15) is 5.75 Å². The van der Waals surface area contributed by atoms with Crippen LogP contribution < -0.4 is 15.4 Å². The van der Waals surface area contributed by atoms with Crippen molar-refractivity contribution in [2.45, 2.75) is 25.8 Å². The number of carbonyl (C=O) groups is 3. The van der Waals surface area contributed by atoms with Crippen molar-refractivity contribution in [3.05, 3.63) is 59.2 Å². The van der Waals surface area contributed by atoms with Crippen LogP contribution in [0, 0.1) is 0 Å². The van der Waals surface area contributed by atoms with Crippen LogP contribution >= 0.6 is 0 Å². The monoisotopic (exact) mass is 393 g/mol. The van der Waals surface area contributed by atoms with E-state index >= 15 is 0 Å². The fourth-order valence-electron chi connectivity index (χ4n) is 3.84. The molecule has 7 nitrogen and oxygen atoms in total. The summed E-state index contributed by atoms with van der Waals surface area (Å²) >= 11 is 0. The summed E-state index contributed by atoms with van der Waals surface area (Å²) in [6.07, 6.45) is 1.76. The first kappa shape index (κ1) is 19.1. The minimum atomic E-state index is -0.431. The summed E-state index contributed by atoms with van der Waals surface area (Å²) in [5, 5.41) is 0. The lowest BCUT2D eigenvalue weighted by Gasteiger charge is -2.30. The molecule has 7 heteroatoms. The number of anilines is 1. The molecule has 2 N–H and O–H groups in total. The number of imide groups is 1. The highest BCUT2D eigenvalue weighted by Crippen LogP contribution is 2.30. The van der Waals surface area contributed by atoms with Gasteiger partial charge in [-0.2, -0.15) is 0 Å². The van der Waals surface area contributed by atoms with Gasteiger partial charge in [0.2, 0.25) is 0 Å². The fourth-order valence-corrected chi connectivity index (χ4v) is 3.84. The van der Waals surface area contributed by atoms with Gasteiger partial charge in [-0.05, 0) is 62.2 Å². The van der Waals surface area contributed by atoms with Crippen molar-refractivity contribution < 1.29 is 19.1 Å². The van der Waals surface area contributed by atoms with Crippen molar-refractivity contribution in [2.24, 2.45) is 5.73 Å². The molecule has 0 spiro atoms. The van der Waals surface area contributed by atoms with Gasteiger partial charge in [-0.3, -0.25) is 14.4 Å². The average Bonchev–Trinajstić information content (AvgIpc) is 2.98. The first-order valence-corrected chi connectivity index (χ1v) is 9.80. The van der Waals surface area contributed by atoms with E-state index in [1.165, 1.54) is 6.07 Å². The molecule has 2 aromatic rings. The Labute approximate surface area is 169 Å². The highest BCUT2D eigenvalue weighted by molar-refractivity contribution is 6.34. The minimum Gasteiger partial charge on any atom is -0.494 e. The molecule has 150 valence electrons. The van der Waals surface area contributed by atoms with E-state index in [2.05, 4.69) is 0 Å². The van der Waals surface area contributed by atoms with Crippen molar-refractivity contribution in [1.29, 1.82) is 0 Å². The van der Waals surface area contributed by atoms with Crippen LogP contribution in [0.25, 0.3) is 0 Å². The number of benzene rings is 2. The smallest absolute Gasteiger partial charge is 0.266 e. The highest BCUT2D eigenvalue weighted by Gasteiger charge is 2.37. The first-order chi connectivity index (χ1) is 14.0. The molecule has 1 saturated heterocycles. The molecule has 0 aliphatic carbocycles. The second-order valence-corrected chi connectivity index (χ2v) is 7.29. The highest BCUT2D eigenvalue weighted by atomic mass is 16.5. The molecule has 0 saturated carbocycles. The van der Waals surface area contributed by atoms with Gasteiger partial charge in [-0.1, -0.05) is 0 Å². The van der Waals surface area contributed by atoms with Crippen LogP contribution in [-0.4, -0.2) is 48.4 Å². The van der Waals surface area contributed by atoms with E-state index < -0.39 is 11.8 Å². The molecule has 3 amide bonds. The van der Waals surface area contributed by atoms with Gasteiger partial charge in [-0.25, -0.2) is 4.90 Å².